The second-order valence-corrected chi connectivity index (χ2v) is 6.43. The van der Waals surface area contributed by atoms with Gasteiger partial charge in [-0.15, -0.1) is 11.3 Å². The normalized spacial score (nSPS) is 21.9. The number of nitrogens with zero attached hydrogens (tertiary/aromatic N) is 1. The molecule has 94 valence electrons. The summed E-state index contributed by atoms with van der Waals surface area (Å²) in [4.78, 5) is 4.31. The number of ether oxygens (including phenoxy) is 1. The molecule has 1 aliphatic rings. The van der Waals surface area contributed by atoms with Crippen LogP contribution in [0.3, 0.4) is 0 Å². The smallest absolute Gasteiger partial charge is 0.481 e. The van der Waals surface area contributed by atoms with Gasteiger partial charge in [-0.1, -0.05) is 0 Å². The maximum atomic E-state index is 5.97. The molecule has 1 saturated heterocycles. The lowest BCUT2D eigenvalue weighted by molar-refractivity contribution is 0.00578. The average Bonchev–Trinajstić information content (AvgIpc) is 2.65. The van der Waals surface area contributed by atoms with Crippen LogP contribution < -0.4 is 9.51 Å². The van der Waals surface area contributed by atoms with E-state index < -0.39 is 0 Å². The molecular formula is C11H18BNO3S. The van der Waals surface area contributed by atoms with E-state index in [1.54, 1.807) is 18.4 Å². The van der Waals surface area contributed by atoms with Gasteiger partial charge in [-0.2, -0.15) is 0 Å². The van der Waals surface area contributed by atoms with E-state index in [-0.39, 0.29) is 18.3 Å². The highest BCUT2D eigenvalue weighted by molar-refractivity contribution is 7.22. The van der Waals surface area contributed by atoms with Gasteiger partial charge >= 0.3 is 7.12 Å². The van der Waals surface area contributed by atoms with Gasteiger partial charge in [0.25, 0.3) is 0 Å². The van der Waals surface area contributed by atoms with Gasteiger partial charge in [-0.05, 0) is 34.6 Å². The van der Waals surface area contributed by atoms with E-state index in [2.05, 4.69) is 4.98 Å². The van der Waals surface area contributed by atoms with Gasteiger partial charge in [-0.25, -0.2) is 4.98 Å². The fraction of sp³-hybridized carbons (Fsp3) is 0.727. The van der Waals surface area contributed by atoms with E-state index in [4.69, 9.17) is 14.0 Å². The largest absolute Gasteiger partial charge is 0.511 e. The summed E-state index contributed by atoms with van der Waals surface area (Å²) < 4.78 is 18.1. The van der Waals surface area contributed by atoms with Crippen molar-refractivity contribution in [3.63, 3.8) is 0 Å². The Morgan fingerprint density at radius 3 is 2.18 bits per heavy atom. The summed E-state index contributed by atoms with van der Waals surface area (Å²) in [5, 5.41) is 0.951. The average molecular weight is 255 g/mol. The maximum Gasteiger partial charge on any atom is 0.511 e. The monoisotopic (exact) mass is 255 g/mol. The number of hydrogen-bond donors (Lipinski definition) is 0. The van der Waals surface area contributed by atoms with Crippen molar-refractivity contribution in [2.45, 2.75) is 45.8 Å². The molecule has 4 nitrogen and oxygen atoms in total. The van der Waals surface area contributed by atoms with Gasteiger partial charge in [0, 0.05) is 0 Å². The topological polar surface area (TPSA) is 40.6 Å². The fourth-order valence-corrected chi connectivity index (χ4v) is 2.52. The van der Waals surface area contributed by atoms with Crippen LogP contribution in [-0.4, -0.2) is 30.4 Å². The molecule has 0 amide bonds. The molecule has 0 unspecified atom stereocenters. The van der Waals surface area contributed by atoms with Gasteiger partial charge in [0.2, 0.25) is 5.88 Å². The van der Waals surface area contributed by atoms with Crippen LogP contribution >= 0.6 is 11.3 Å². The lowest BCUT2D eigenvalue weighted by Gasteiger charge is -2.32. The summed E-state index contributed by atoms with van der Waals surface area (Å²) in [6.07, 6.45) is 0. The zero-order chi connectivity index (χ0) is 12.8. The highest BCUT2D eigenvalue weighted by Crippen LogP contribution is 2.37. The van der Waals surface area contributed by atoms with Crippen molar-refractivity contribution < 1.29 is 14.0 Å². The first kappa shape index (κ1) is 12.9. The molecule has 1 aromatic heterocycles. The van der Waals surface area contributed by atoms with Crippen molar-refractivity contribution in [1.82, 2.24) is 4.98 Å². The van der Waals surface area contributed by atoms with Crippen LogP contribution in [0.2, 0.25) is 0 Å². The second-order valence-electron chi connectivity index (χ2n) is 5.19. The first-order valence-corrected chi connectivity index (χ1v) is 6.45. The van der Waals surface area contributed by atoms with Crippen LogP contribution in [0.15, 0.2) is 0 Å². The molecular weight excluding hydrogens is 237 g/mol. The maximum absolute atomic E-state index is 5.97. The highest BCUT2D eigenvalue weighted by Gasteiger charge is 2.53. The van der Waals surface area contributed by atoms with Crippen LogP contribution in [0, 0.1) is 6.92 Å². The van der Waals surface area contributed by atoms with E-state index in [1.165, 1.54) is 0 Å². The van der Waals surface area contributed by atoms with Crippen LogP contribution in [0.1, 0.15) is 32.7 Å². The number of rotatable bonds is 2. The van der Waals surface area contributed by atoms with Crippen molar-refractivity contribution in [1.29, 1.82) is 0 Å². The molecule has 0 radical (unpaired) electrons. The van der Waals surface area contributed by atoms with Gasteiger partial charge in [0.05, 0.1) is 28.1 Å². The third-order valence-corrected chi connectivity index (χ3v) is 4.36. The molecule has 0 aromatic carbocycles. The molecule has 0 aliphatic carbocycles. The van der Waals surface area contributed by atoms with Gasteiger partial charge in [0.1, 0.15) is 0 Å². The lowest BCUT2D eigenvalue weighted by atomic mass is 9.88. The van der Waals surface area contributed by atoms with Crippen LogP contribution in [-0.2, 0) is 9.31 Å². The van der Waals surface area contributed by atoms with E-state index in [0.29, 0.717) is 5.88 Å². The number of thiazole rings is 1. The van der Waals surface area contributed by atoms with Crippen molar-refractivity contribution in [3.8, 4) is 5.88 Å². The van der Waals surface area contributed by atoms with Crippen molar-refractivity contribution >= 4 is 23.2 Å². The summed E-state index contributed by atoms with van der Waals surface area (Å²) in [6.45, 7) is 10.1. The van der Waals surface area contributed by atoms with Crippen LogP contribution in [0.4, 0.5) is 0 Å². The Morgan fingerprint density at radius 2 is 1.71 bits per heavy atom. The van der Waals surface area contributed by atoms with E-state index in [9.17, 15) is 0 Å². The first-order chi connectivity index (χ1) is 7.77. The number of methoxy groups -OCH3 is 1. The van der Waals surface area contributed by atoms with Gasteiger partial charge in [-0.3, -0.25) is 0 Å². The second kappa shape index (κ2) is 3.97. The lowest BCUT2D eigenvalue weighted by Crippen LogP contribution is -2.41. The van der Waals surface area contributed by atoms with Crippen LogP contribution in [0.25, 0.3) is 0 Å². The summed E-state index contributed by atoms with van der Waals surface area (Å²) in [7, 11) is 1.23. The Bertz CT molecular complexity index is 414. The molecule has 6 heteroatoms. The van der Waals surface area contributed by atoms with Gasteiger partial charge < -0.3 is 14.0 Å². The molecule has 0 atom stereocenters. The Morgan fingerprint density at radius 1 is 1.18 bits per heavy atom. The van der Waals surface area contributed by atoms with E-state index in [0.717, 1.165) is 9.78 Å². The summed E-state index contributed by atoms with van der Waals surface area (Å²) in [5.41, 5.74) is -0.666. The Labute approximate surface area is 106 Å². The molecule has 0 bridgehead atoms. The zero-order valence-corrected chi connectivity index (χ0v) is 12.0. The molecule has 1 aromatic rings. The number of aromatic nitrogens is 1. The molecule has 2 heterocycles. The number of hydrogen-bond acceptors (Lipinski definition) is 5. The van der Waals surface area contributed by atoms with Crippen LogP contribution in [0.5, 0.6) is 5.88 Å². The minimum absolute atomic E-state index is 0.333. The summed E-state index contributed by atoms with van der Waals surface area (Å²) in [6, 6.07) is 0. The predicted molar refractivity (Wildman–Crippen MR) is 69.1 cm³/mol. The Kier molecular flexibility index (Phi) is 3.00. The molecule has 2 rings (SSSR count). The molecule has 0 N–H and O–H groups in total. The standard InChI is InChI=1S/C11H18BNO3S/c1-7-13-9(14-6)8(17-7)12-15-10(2,3)11(4,5)16-12/h1-6H3. The SMILES string of the molecule is COc1nc(C)sc1B1OC(C)(C)C(C)(C)O1. The third-order valence-electron chi connectivity index (χ3n) is 3.39. The number of aryl methyl sites for hydroxylation is 1. The zero-order valence-electron chi connectivity index (χ0n) is 11.2. The first-order valence-electron chi connectivity index (χ1n) is 5.64. The third kappa shape index (κ3) is 2.09. The van der Waals surface area contributed by atoms with E-state index >= 15 is 0 Å². The van der Waals surface area contributed by atoms with Crippen molar-refractivity contribution in [3.05, 3.63) is 5.01 Å². The van der Waals surface area contributed by atoms with Gasteiger partial charge in [0.15, 0.2) is 0 Å². The summed E-state index contributed by atoms with van der Waals surface area (Å²) in [5.74, 6) is 0.603. The molecule has 1 fully saturated rings. The fourth-order valence-electron chi connectivity index (χ4n) is 1.67. The molecule has 0 spiro atoms. The quantitative estimate of drug-likeness (QED) is 0.755. The minimum atomic E-state index is -0.388. The minimum Gasteiger partial charge on any atom is -0.481 e. The Hall–Kier alpha value is -0.585. The summed E-state index contributed by atoms with van der Waals surface area (Å²) >= 11 is 1.55. The highest BCUT2D eigenvalue weighted by atomic mass is 32.1. The molecule has 0 saturated carbocycles. The Balaban J connectivity index is 2.31. The van der Waals surface area contributed by atoms with Crippen molar-refractivity contribution in [2.75, 3.05) is 7.11 Å². The molecule has 17 heavy (non-hydrogen) atoms. The van der Waals surface area contributed by atoms with Crippen molar-refractivity contribution in [2.24, 2.45) is 0 Å². The molecule has 1 aliphatic heterocycles. The van der Waals surface area contributed by atoms with E-state index in [1.807, 2.05) is 34.6 Å². The predicted octanol–water partition coefficient (Wildman–Crippen LogP) is 1.76.